The Kier molecular flexibility index (Phi) is 4.63. The summed E-state index contributed by atoms with van der Waals surface area (Å²) in [6, 6.07) is 8.83. The third kappa shape index (κ3) is 3.10. The second-order valence-corrected chi connectivity index (χ2v) is 8.05. The molecule has 6 nitrogen and oxygen atoms in total. The lowest BCUT2D eigenvalue weighted by Crippen LogP contribution is -2.59. The molecule has 2 heterocycles. The van der Waals surface area contributed by atoms with Gasteiger partial charge in [0.05, 0.1) is 10.4 Å². The van der Waals surface area contributed by atoms with Gasteiger partial charge in [-0.25, -0.2) is 18.6 Å². The van der Waals surface area contributed by atoms with Crippen LogP contribution >= 0.6 is 11.3 Å². The minimum absolute atomic E-state index is 0.0324. The first kappa shape index (κ1) is 19.8. The fourth-order valence-electron chi connectivity index (χ4n) is 3.04. The van der Waals surface area contributed by atoms with Crippen molar-refractivity contribution in [3.05, 3.63) is 51.2 Å². The van der Waals surface area contributed by atoms with Gasteiger partial charge in [-0.3, -0.25) is 9.80 Å². The van der Waals surface area contributed by atoms with Gasteiger partial charge in [-0.1, -0.05) is 12.1 Å². The number of rotatable bonds is 3. The Bertz CT molecular complexity index is 1000. The first-order valence-electron chi connectivity index (χ1n) is 8.41. The highest BCUT2D eigenvalue weighted by molar-refractivity contribution is 7.12. The van der Waals surface area contributed by atoms with Gasteiger partial charge in [0, 0.05) is 30.1 Å². The number of nitriles is 1. The molecule has 0 saturated heterocycles. The lowest BCUT2D eigenvalue weighted by Gasteiger charge is -2.43. The number of thiophene rings is 1. The number of hydrogen-bond acceptors (Lipinski definition) is 5. The summed E-state index contributed by atoms with van der Waals surface area (Å²) in [6.45, 7) is 4.33. The fourth-order valence-corrected chi connectivity index (χ4v) is 4.09. The topological polar surface area (TPSA) is 85.7 Å². The van der Waals surface area contributed by atoms with Crippen LogP contribution in [0, 0.1) is 18.3 Å². The van der Waals surface area contributed by atoms with Crippen LogP contribution in [0.1, 0.15) is 34.7 Å². The summed E-state index contributed by atoms with van der Waals surface area (Å²) in [5.41, 5.74) is 5.47. The van der Waals surface area contributed by atoms with Crippen molar-refractivity contribution in [1.29, 1.82) is 5.26 Å². The van der Waals surface area contributed by atoms with Crippen LogP contribution < -0.4 is 10.6 Å². The Balaban J connectivity index is 2.17. The van der Waals surface area contributed by atoms with Gasteiger partial charge in [-0.05, 0) is 32.0 Å². The number of benzene rings is 1. The molecule has 1 aliphatic rings. The number of nitrogens with zero attached hydrogens (tertiary/aromatic N) is 4. The largest absolute Gasteiger partial charge is 0.369 e. The molecule has 1 atom stereocenters. The predicted molar refractivity (Wildman–Crippen MR) is 104 cm³/mol. The molecule has 1 aliphatic heterocycles. The summed E-state index contributed by atoms with van der Waals surface area (Å²) < 4.78 is 27.1. The molecule has 0 radical (unpaired) electrons. The van der Waals surface area contributed by atoms with Crippen LogP contribution in [0.2, 0.25) is 0 Å². The molecule has 0 spiro atoms. The molecule has 3 rings (SSSR count). The third-order valence-corrected chi connectivity index (χ3v) is 5.98. The number of nitrogens with two attached hydrogens (primary N) is 1. The maximum absolute atomic E-state index is 13.6. The molecule has 0 unspecified atom stereocenters. The van der Waals surface area contributed by atoms with Crippen molar-refractivity contribution in [2.45, 2.75) is 32.4 Å². The van der Waals surface area contributed by atoms with Gasteiger partial charge in [-0.2, -0.15) is 5.26 Å². The summed E-state index contributed by atoms with van der Waals surface area (Å²) in [5.74, 6) is -2.95. The van der Waals surface area contributed by atoms with Crippen molar-refractivity contribution >= 4 is 29.0 Å². The Labute approximate surface area is 165 Å². The molecule has 0 bridgehead atoms. The van der Waals surface area contributed by atoms with Crippen molar-refractivity contribution in [2.75, 3.05) is 11.9 Å². The van der Waals surface area contributed by atoms with Crippen molar-refractivity contribution in [3.63, 3.8) is 0 Å². The van der Waals surface area contributed by atoms with E-state index in [9.17, 15) is 18.8 Å². The van der Waals surface area contributed by atoms with E-state index in [2.05, 4.69) is 11.1 Å². The molecule has 2 N–H and O–H groups in total. The molecule has 0 saturated carbocycles. The highest BCUT2D eigenvalue weighted by Gasteiger charge is 2.45. The number of aryl methyl sites for hydroxylation is 1. The smallest absolute Gasteiger partial charge is 0.333 e. The number of anilines is 1. The average molecular weight is 403 g/mol. The number of alkyl halides is 2. The summed E-state index contributed by atoms with van der Waals surface area (Å²) in [6.07, 6.45) is 0. The number of urea groups is 1. The molecular weight excluding hydrogens is 384 g/mol. The molecule has 9 heteroatoms. The molecule has 0 aliphatic carbocycles. The van der Waals surface area contributed by atoms with Gasteiger partial charge in [-0.15, -0.1) is 11.3 Å². The van der Waals surface area contributed by atoms with E-state index in [1.54, 1.807) is 13.0 Å². The number of halogens is 2. The van der Waals surface area contributed by atoms with E-state index < -0.39 is 17.6 Å². The molecule has 1 aromatic heterocycles. The Morgan fingerprint density at radius 1 is 1.32 bits per heavy atom. The van der Waals surface area contributed by atoms with E-state index in [1.807, 2.05) is 6.92 Å². The van der Waals surface area contributed by atoms with Crippen molar-refractivity contribution < 1.29 is 13.6 Å². The van der Waals surface area contributed by atoms with Gasteiger partial charge in [0.1, 0.15) is 6.07 Å². The van der Waals surface area contributed by atoms with E-state index in [1.165, 1.54) is 52.4 Å². The van der Waals surface area contributed by atoms with E-state index in [0.717, 1.165) is 11.8 Å². The van der Waals surface area contributed by atoms with Crippen LogP contribution in [0.25, 0.3) is 0 Å². The fraction of sp³-hybridized carbons (Fsp3) is 0.316. The van der Waals surface area contributed by atoms with Gasteiger partial charge in [0.2, 0.25) is 5.96 Å². The van der Waals surface area contributed by atoms with Crippen molar-refractivity contribution in [1.82, 2.24) is 4.90 Å². The van der Waals surface area contributed by atoms with Gasteiger partial charge in [0.15, 0.2) is 5.66 Å². The second kappa shape index (κ2) is 6.56. The van der Waals surface area contributed by atoms with E-state index in [4.69, 9.17) is 5.73 Å². The lowest BCUT2D eigenvalue weighted by atomic mass is 10.0. The van der Waals surface area contributed by atoms with Crippen molar-refractivity contribution in [2.24, 2.45) is 10.7 Å². The van der Waals surface area contributed by atoms with Crippen molar-refractivity contribution in [3.8, 4) is 6.07 Å². The lowest BCUT2D eigenvalue weighted by molar-refractivity contribution is 0.0175. The Hall–Kier alpha value is -2.99. The van der Waals surface area contributed by atoms with Crippen LogP contribution in [-0.4, -0.2) is 23.9 Å². The number of guanidine groups is 1. The molecule has 2 amide bonds. The van der Waals surface area contributed by atoms with Crippen LogP contribution in [0.3, 0.4) is 0 Å². The quantitative estimate of drug-likeness (QED) is 0.837. The Morgan fingerprint density at radius 3 is 2.43 bits per heavy atom. The van der Waals surface area contributed by atoms with Gasteiger partial charge in [0.25, 0.3) is 5.92 Å². The summed E-state index contributed by atoms with van der Waals surface area (Å²) in [5, 5.41) is 9.29. The molecule has 0 fully saturated rings. The molecule has 2 aromatic rings. The summed E-state index contributed by atoms with van der Waals surface area (Å²) in [7, 11) is 1.49. The van der Waals surface area contributed by atoms with E-state index >= 15 is 0 Å². The highest BCUT2D eigenvalue weighted by atomic mass is 32.1. The highest BCUT2D eigenvalue weighted by Crippen LogP contribution is 2.42. The van der Waals surface area contributed by atoms with Crippen LogP contribution in [0.5, 0.6) is 0 Å². The zero-order valence-electron chi connectivity index (χ0n) is 15.8. The van der Waals surface area contributed by atoms with Crippen LogP contribution in [0.15, 0.2) is 35.3 Å². The van der Waals surface area contributed by atoms with E-state index in [-0.39, 0.29) is 11.5 Å². The number of amides is 2. The summed E-state index contributed by atoms with van der Waals surface area (Å²) in [4.78, 5) is 21.6. The first-order valence-corrected chi connectivity index (χ1v) is 9.23. The molecule has 146 valence electrons. The SMILES string of the molecule is Cc1sc([C@@]2(C)N=C(N)N(C)C(=O)N2c2ccc(C(C)(F)F)cc2)cc1C#N. The minimum Gasteiger partial charge on any atom is -0.369 e. The molecular formula is C19H19F2N5OS. The molecule has 1 aromatic carbocycles. The number of hydrogen-bond donors (Lipinski definition) is 1. The van der Waals surface area contributed by atoms with Crippen LogP contribution in [0.4, 0.5) is 19.3 Å². The molecule has 28 heavy (non-hydrogen) atoms. The zero-order valence-corrected chi connectivity index (χ0v) is 16.6. The zero-order chi connectivity index (χ0) is 20.9. The number of carbonyl (C=O) groups excluding carboxylic acids is 1. The monoisotopic (exact) mass is 403 g/mol. The number of carbonyl (C=O) groups is 1. The Morgan fingerprint density at radius 2 is 1.93 bits per heavy atom. The maximum Gasteiger partial charge on any atom is 0.333 e. The van der Waals surface area contributed by atoms with Gasteiger partial charge >= 0.3 is 6.03 Å². The second-order valence-electron chi connectivity index (χ2n) is 6.80. The maximum atomic E-state index is 13.6. The number of aliphatic imine (C=N–C) groups is 1. The normalized spacial score (nSPS) is 20.2. The van der Waals surface area contributed by atoms with E-state index in [0.29, 0.717) is 16.1 Å². The first-order chi connectivity index (χ1) is 13.0. The average Bonchev–Trinajstić information content (AvgIpc) is 3.01. The van der Waals surface area contributed by atoms with Crippen LogP contribution in [-0.2, 0) is 11.6 Å². The third-order valence-electron chi connectivity index (χ3n) is 4.73. The standard InChI is InChI=1S/C19H19F2N5OS/c1-11-12(10-22)9-15(28-11)19(3)24-16(23)25(4)17(27)26(19)14-7-5-13(6-8-14)18(2,20)21/h5-9H,1-4H3,(H2,23,24)/t19-/m0/s1. The van der Waals surface area contributed by atoms with Gasteiger partial charge < -0.3 is 5.73 Å². The predicted octanol–water partition coefficient (Wildman–Crippen LogP) is 4.10. The minimum atomic E-state index is -2.99. The summed E-state index contributed by atoms with van der Waals surface area (Å²) >= 11 is 1.34.